The third kappa shape index (κ3) is 3.03. The number of ether oxygens (including phenoxy) is 1. The van der Waals surface area contributed by atoms with Crippen molar-refractivity contribution in [2.24, 2.45) is 0 Å². The van der Waals surface area contributed by atoms with Crippen molar-refractivity contribution < 1.29 is 9.53 Å². The van der Waals surface area contributed by atoms with Gasteiger partial charge in [-0.15, -0.1) is 0 Å². The predicted octanol–water partition coefficient (Wildman–Crippen LogP) is 2.09. The molecule has 0 aromatic heterocycles. The lowest BCUT2D eigenvalue weighted by Crippen LogP contribution is -2.18. The molecule has 0 aliphatic heterocycles. The van der Waals surface area contributed by atoms with Gasteiger partial charge in [0.05, 0.1) is 11.6 Å². The molecule has 0 saturated carbocycles. The van der Waals surface area contributed by atoms with Crippen molar-refractivity contribution in [3.63, 3.8) is 0 Å². The molecule has 0 aliphatic carbocycles. The highest BCUT2D eigenvalue weighted by Crippen LogP contribution is 2.25. The van der Waals surface area contributed by atoms with Gasteiger partial charge < -0.3 is 10.1 Å². The molecule has 3 nitrogen and oxygen atoms in total. The highest BCUT2D eigenvalue weighted by atomic mass is 79.9. The predicted molar refractivity (Wildman–Crippen MR) is 58.2 cm³/mol. The Hall–Kier alpha value is -1.03. The molecule has 0 atom stereocenters. The van der Waals surface area contributed by atoms with Crippen LogP contribution in [0.3, 0.4) is 0 Å². The van der Waals surface area contributed by atoms with E-state index in [1.165, 1.54) is 6.92 Å². The standard InChI is InChI=1S/C10H12BrNO2/c1-7(13)12-6-8-3-4-10(14-2)9(11)5-8/h3-5H,6H2,1-2H3,(H,12,13). The largest absolute Gasteiger partial charge is 0.496 e. The lowest BCUT2D eigenvalue weighted by atomic mass is 10.2. The maximum Gasteiger partial charge on any atom is 0.217 e. The third-order valence-electron chi connectivity index (χ3n) is 1.76. The molecule has 4 heteroatoms. The molecule has 14 heavy (non-hydrogen) atoms. The summed E-state index contributed by atoms with van der Waals surface area (Å²) in [5.41, 5.74) is 1.04. The van der Waals surface area contributed by atoms with Crippen molar-refractivity contribution in [2.45, 2.75) is 13.5 Å². The second kappa shape index (κ2) is 5.00. The number of halogens is 1. The van der Waals surface area contributed by atoms with Crippen LogP contribution in [0, 0.1) is 0 Å². The van der Waals surface area contributed by atoms with Gasteiger partial charge in [-0.2, -0.15) is 0 Å². The van der Waals surface area contributed by atoms with Crippen molar-refractivity contribution in [2.75, 3.05) is 7.11 Å². The lowest BCUT2D eigenvalue weighted by Gasteiger charge is -2.06. The summed E-state index contributed by atoms with van der Waals surface area (Å²) < 4.78 is 5.98. The van der Waals surface area contributed by atoms with Crippen LogP contribution < -0.4 is 10.1 Å². The van der Waals surface area contributed by atoms with Gasteiger partial charge >= 0.3 is 0 Å². The molecule has 1 aromatic rings. The maximum atomic E-state index is 10.7. The minimum absolute atomic E-state index is 0.0306. The summed E-state index contributed by atoms with van der Waals surface area (Å²) in [7, 11) is 1.62. The SMILES string of the molecule is COc1ccc(CNC(C)=O)cc1Br. The van der Waals surface area contributed by atoms with Gasteiger partial charge in [0.15, 0.2) is 0 Å². The number of carbonyl (C=O) groups is 1. The average molecular weight is 258 g/mol. The fraction of sp³-hybridized carbons (Fsp3) is 0.300. The Bertz CT molecular complexity index is 339. The number of carbonyl (C=O) groups excluding carboxylic acids is 1. The molecular weight excluding hydrogens is 246 g/mol. The molecule has 1 N–H and O–H groups in total. The molecule has 0 bridgehead atoms. The van der Waals surface area contributed by atoms with E-state index in [9.17, 15) is 4.79 Å². The lowest BCUT2D eigenvalue weighted by molar-refractivity contribution is -0.119. The molecule has 76 valence electrons. The smallest absolute Gasteiger partial charge is 0.217 e. The highest BCUT2D eigenvalue weighted by Gasteiger charge is 2.01. The van der Waals surface area contributed by atoms with Crippen molar-refractivity contribution in [3.8, 4) is 5.75 Å². The number of hydrogen-bond donors (Lipinski definition) is 1. The maximum absolute atomic E-state index is 10.7. The Balaban J connectivity index is 2.71. The molecule has 0 fully saturated rings. The van der Waals surface area contributed by atoms with Crippen LogP contribution in [-0.4, -0.2) is 13.0 Å². The summed E-state index contributed by atoms with van der Waals surface area (Å²) in [5.74, 6) is 0.758. The van der Waals surface area contributed by atoms with E-state index in [0.29, 0.717) is 6.54 Å². The Kier molecular flexibility index (Phi) is 3.95. The molecule has 0 heterocycles. The van der Waals surface area contributed by atoms with Gasteiger partial charge in [0, 0.05) is 13.5 Å². The van der Waals surface area contributed by atoms with Crippen molar-refractivity contribution in [3.05, 3.63) is 28.2 Å². The van der Waals surface area contributed by atoms with E-state index < -0.39 is 0 Å². The van der Waals surface area contributed by atoms with Crippen LogP contribution in [0.15, 0.2) is 22.7 Å². The van der Waals surface area contributed by atoms with Crippen LogP contribution in [0.4, 0.5) is 0 Å². The first kappa shape index (κ1) is 11.0. The van der Waals surface area contributed by atoms with E-state index in [4.69, 9.17) is 4.74 Å². The van der Waals surface area contributed by atoms with E-state index in [-0.39, 0.29) is 5.91 Å². The number of hydrogen-bond acceptors (Lipinski definition) is 2. The van der Waals surface area contributed by atoms with E-state index in [1.54, 1.807) is 7.11 Å². The first-order valence-electron chi connectivity index (χ1n) is 4.20. The second-order valence-corrected chi connectivity index (χ2v) is 3.73. The zero-order valence-electron chi connectivity index (χ0n) is 8.13. The second-order valence-electron chi connectivity index (χ2n) is 2.88. The fourth-order valence-electron chi connectivity index (χ4n) is 1.05. The summed E-state index contributed by atoms with van der Waals surface area (Å²) in [5, 5.41) is 2.73. The van der Waals surface area contributed by atoms with Gasteiger partial charge in [-0.25, -0.2) is 0 Å². The zero-order chi connectivity index (χ0) is 10.6. The normalized spacial score (nSPS) is 9.64. The molecule has 0 radical (unpaired) electrons. The molecule has 1 aromatic carbocycles. The Morgan fingerprint density at radius 3 is 2.79 bits per heavy atom. The van der Waals surface area contributed by atoms with E-state index in [2.05, 4.69) is 21.2 Å². The van der Waals surface area contributed by atoms with Crippen LogP contribution in [0.2, 0.25) is 0 Å². The van der Waals surface area contributed by atoms with Crippen molar-refractivity contribution in [1.82, 2.24) is 5.32 Å². The number of rotatable bonds is 3. The van der Waals surface area contributed by atoms with E-state index in [1.807, 2.05) is 18.2 Å². The minimum Gasteiger partial charge on any atom is -0.496 e. The first-order valence-corrected chi connectivity index (χ1v) is 4.99. The quantitative estimate of drug-likeness (QED) is 0.901. The van der Waals surface area contributed by atoms with Gasteiger partial charge in [-0.05, 0) is 33.6 Å². The van der Waals surface area contributed by atoms with Crippen LogP contribution >= 0.6 is 15.9 Å². The van der Waals surface area contributed by atoms with Gasteiger partial charge in [-0.1, -0.05) is 6.07 Å². The Morgan fingerprint density at radius 2 is 2.29 bits per heavy atom. The third-order valence-corrected chi connectivity index (χ3v) is 2.38. The number of amides is 1. The molecule has 0 aliphatic rings. The van der Waals surface area contributed by atoms with Gasteiger partial charge in [0.25, 0.3) is 0 Å². The molecule has 1 amide bonds. The highest BCUT2D eigenvalue weighted by molar-refractivity contribution is 9.10. The number of benzene rings is 1. The van der Waals surface area contributed by atoms with Crippen LogP contribution in [0.1, 0.15) is 12.5 Å². The summed E-state index contributed by atoms with van der Waals surface area (Å²) in [6.45, 7) is 2.04. The van der Waals surface area contributed by atoms with E-state index in [0.717, 1.165) is 15.8 Å². The number of nitrogens with one attached hydrogen (secondary N) is 1. The van der Waals surface area contributed by atoms with Crippen LogP contribution in [-0.2, 0) is 11.3 Å². The first-order chi connectivity index (χ1) is 6.63. The van der Waals surface area contributed by atoms with Gasteiger partial charge in [-0.3, -0.25) is 4.79 Å². The van der Waals surface area contributed by atoms with Crippen LogP contribution in [0.25, 0.3) is 0 Å². The summed E-state index contributed by atoms with van der Waals surface area (Å²) in [6, 6.07) is 5.70. The minimum atomic E-state index is -0.0306. The summed E-state index contributed by atoms with van der Waals surface area (Å²) in [4.78, 5) is 10.7. The van der Waals surface area contributed by atoms with Crippen molar-refractivity contribution in [1.29, 1.82) is 0 Å². The molecule has 0 spiro atoms. The zero-order valence-corrected chi connectivity index (χ0v) is 9.72. The Morgan fingerprint density at radius 1 is 1.57 bits per heavy atom. The summed E-state index contributed by atoms with van der Waals surface area (Å²) >= 11 is 3.38. The monoisotopic (exact) mass is 257 g/mol. The topological polar surface area (TPSA) is 38.3 Å². The average Bonchev–Trinajstić information content (AvgIpc) is 2.15. The van der Waals surface area contributed by atoms with Gasteiger partial charge in [0.1, 0.15) is 5.75 Å². The van der Waals surface area contributed by atoms with E-state index >= 15 is 0 Å². The molecule has 0 unspecified atom stereocenters. The van der Waals surface area contributed by atoms with Crippen molar-refractivity contribution >= 4 is 21.8 Å². The Labute approximate surface area is 91.6 Å². The molecule has 0 saturated heterocycles. The molecular formula is C10H12BrNO2. The molecule has 1 rings (SSSR count). The van der Waals surface area contributed by atoms with Crippen LogP contribution in [0.5, 0.6) is 5.75 Å². The summed E-state index contributed by atoms with van der Waals surface area (Å²) in [6.07, 6.45) is 0. The number of methoxy groups -OCH3 is 1. The van der Waals surface area contributed by atoms with Gasteiger partial charge in [0.2, 0.25) is 5.91 Å². The fourth-order valence-corrected chi connectivity index (χ4v) is 1.63.